The molecule has 0 aliphatic heterocycles. The van der Waals surface area contributed by atoms with Gasteiger partial charge >= 0.3 is 6.09 Å². The van der Waals surface area contributed by atoms with Gasteiger partial charge in [0.25, 0.3) is 0 Å². The molecule has 1 unspecified atom stereocenters. The Morgan fingerprint density at radius 1 is 1.35 bits per heavy atom. The molecule has 1 aromatic rings. The first-order chi connectivity index (χ1) is 9.65. The van der Waals surface area contributed by atoms with Crippen LogP contribution >= 0.6 is 0 Å². The number of anilines is 1. The summed E-state index contributed by atoms with van der Waals surface area (Å²) in [6.45, 7) is 4.57. The van der Waals surface area contributed by atoms with E-state index in [-0.39, 0.29) is 6.10 Å². The lowest BCUT2D eigenvalue weighted by molar-refractivity contribution is 0.114. The fourth-order valence-electron chi connectivity index (χ4n) is 2.02. The van der Waals surface area contributed by atoms with Crippen molar-refractivity contribution in [3.05, 3.63) is 29.8 Å². The number of hydrogen-bond acceptors (Lipinski definition) is 3. The van der Waals surface area contributed by atoms with E-state index in [1.165, 1.54) is 19.3 Å². The zero-order valence-corrected chi connectivity index (χ0v) is 12.5. The number of carbonyl (C=O) groups is 1. The standard InChI is InChI=1S/C16H26N2O2/c1-3-4-5-6-8-13(2)20-16(19)18-15-10-7-9-14(11-15)12-17/h7,9-11,13H,3-6,8,12,17H2,1-2H3,(H,18,19). The molecule has 4 nitrogen and oxygen atoms in total. The Balaban J connectivity index is 2.31. The van der Waals surface area contributed by atoms with Crippen LogP contribution in [-0.4, -0.2) is 12.2 Å². The van der Waals surface area contributed by atoms with Crippen molar-refractivity contribution in [2.45, 2.75) is 58.6 Å². The highest BCUT2D eigenvalue weighted by Gasteiger charge is 2.09. The largest absolute Gasteiger partial charge is 0.446 e. The van der Waals surface area contributed by atoms with E-state index in [0.29, 0.717) is 6.54 Å². The number of hydrogen-bond donors (Lipinski definition) is 2. The molecule has 0 spiro atoms. The molecule has 1 aromatic carbocycles. The first-order valence-corrected chi connectivity index (χ1v) is 7.42. The molecular formula is C16H26N2O2. The zero-order chi connectivity index (χ0) is 14.8. The smallest absolute Gasteiger partial charge is 0.411 e. The van der Waals surface area contributed by atoms with Crippen LogP contribution in [0, 0.1) is 0 Å². The predicted octanol–water partition coefficient (Wildman–Crippen LogP) is 4.05. The summed E-state index contributed by atoms with van der Waals surface area (Å²) in [7, 11) is 0. The fourth-order valence-corrected chi connectivity index (χ4v) is 2.02. The van der Waals surface area contributed by atoms with Gasteiger partial charge in [-0.2, -0.15) is 0 Å². The molecule has 0 bridgehead atoms. The second-order valence-corrected chi connectivity index (χ2v) is 5.09. The lowest BCUT2D eigenvalue weighted by Crippen LogP contribution is -2.20. The molecule has 0 saturated heterocycles. The van der Waals surface area contributed by atoms with Gasteiger partial charge in [-0.25, -0.2) is 4.79 Å². The Hall–Kier alpha value is -1.55. The van der Waals surface area contributed by atoms with E-state index < -0.39 is 6.09 Å². The molecule has 0 aliphatic rings. The van der Waals surface area contributed by atoms with Crippen LogP contribution in [0.25, 0.3) is 0 Å². The van der Waals surface area contributed by atoms with Gasteiger partial charge < -0.3 is 10.5 Å². The molecular weight excluding hydrogens is 252 g/mol. The Bertz CT molecular complexity index is 407. The summed E-state index contributed by atoms with van der Waals surface area (Å²) in [5, 5.41) is 2.73. The van der Waals surface area contributed by atoms with Crippen molar-refractivity contribution >= 4 is 11.8 Å². The third-order valence-electron chi connectivity index (χ3n) is 3.18. The Labute approximate surface area is 121 Å². The molecule has 0 radical (unpaired) electrons. The van der Waals surface area contributed by atoms with E-state index in [1.807, 2.05) is 31.2 Å². The summed E-state index contributed by atoms with van der Waals surface area (Å²) < 4.78 is 5.33. The summed E-state index contributed by atoms with van der Waals surface area (Å²) >= 11 is 0. The summed E-state index contributed by atoms with van der Waals surface area (Å²) in [5.41, 5.74) is 7.27. The van der Waals surface area contributed by atoms with E-state index >= 15 is 0 Å². The Morgan fingerprint density at radius 2 is 2.15 bits per heavy atom. The summed E-state index contributed by atoms with van der Waals surface area (Å²) in [5.74, 6) is 0. The molecule has 0 saturated carbocycles. The average molecular weight is 278 g/mol. The van der Waals surface area contributed by atoms with Crippen LogP contribution in [0.15, 0.2) is 24.3 Å². The number of nitrogens with one attached hydrogen (secondary N) is 1. The van der Waals surface area contributed by atoms with Crippen molar-refractivity contribution in [2.75, 3.05) is 5.32 Å². The number of rotatable bonds is 8. The maximum absolute atomic E-state index is 11.7. The van der Waals surface area contributed by atoms with E-state index in [9.17, 15) is 4.79 Å². The molecule has 1 amide bonds. The zero-order valence-electron chi connectivity index (χ0n) is 12.5. The molecule has 0 aromatic heterocycles. The molecule has 112 valence electrons. The lowest BCUT2D eigenvalue weighted by atomic mass is 10.1. The highest BCUT2D eigenvalue weighted by atomic mass is 16.6. The summed E-state index contributed by atoms with van der Waals surface area (Å²) in [6, 6.07) is 7.47. The number of carbonyl (C=O) groups excluding carboxylic acids is 1. The quantitative estimate of drug-likeness (QED) is 0.705. The molecule has 0 aliphatic carbocycles. The minimum absolute atomic E-state index is 0.0513. The maximum Gasteiger partial charge on any atom is 0.411 e. The van der Waals surface area contributed by atoms with Gasteiger partial charge in [-0.05, 0) is 37.5 Å². The number of nitrogens with two attached hydrogens (primary N) is 1. The normalized spacial score (nSPS) is 11.9. The molecule has 0 fully saturated rings. The highest BCUT2D eigenvalue weighted by Crippen LogP contribution is 2.12. The van der Waals surface area contributed by atoms with Crippen molar-refractivity contribution in [3.8, 4) is 0 Å². The van der Waals surface area contributed by atoms with E-state index in [0.717, 1.165) is 24.1 Å². The van der Waals surface area contributed by atoms with Crippen molar-refractivity contribution < 1.29 is 9.53 Å². The molecule has 1 rings (SSSR count). The van der Waals surface area contributed by atoms with Gasteiger partial charge in [-0.3, -0.25) is 5.32 Å². The maximum atomic E-state index is 11.7. The van der Waals surface area contributed by atoms with Crippen LogP contribution < -0.4 is 11.1 Å². The number of benzene rings is 1. The number of amides is 1. The number of unbranched alkanes of at least 4 members (excludes halogenated alkanes) is 3. The van der Waals surface area contributed by atoms with Crippen LogP contribution in [0.3, 0.4) is 0 Å². The summed E-state index contributed by atoms with van der Waals surface area (Å²) in [6.07, 6.45) is 5.22. The SMILES string of the molecule is CCCCCCC(C)OC(=O)Nc1cccc(CN)c1. The molecule has 4 heteroatoms. The van der Waals surface area contributed by atoms with E-state index in [1.54, 1.807) is 0 Å². The molecule has 3 N–H and O–H groups in total. The predicted molar refractivity (Wildman–Crippen MR) is 82.7 cm³/mol. The second-order valence-electron chi connectivity index (χ2n) is 5.09. The van der Waals surface area contributed by atoms with Gasteiger partial charge in [-0.1, -0.05) is 38.3 Å². The first kappa shape index (κ1) is 16.5. The highest BCUT2D eigenvalue weighted by molar-refractivity contribution is 5.84. The Morgan fingerprint density at radius 3 is 2.85 bits per heavy atom. The van der Waals surface area contributed by atoms with Gasteiger partial charge in [-0.15, -0.1) is 0 Å². The molecule has 0 heterocycles. The van der Waals surface area contributed by atoms with E-state index in [2.05, 4.69) is 12.2 Å². The third-order valence-corrected chi connectivity index (χ3v) is 3.18. The second kappa shape index (κ2) is 9.37. The van der Waals surface area contributed by atoms with Gasteiger partial charge in [0.05, 0.1) is 0 Å². The van der Waals surface area contributed by atoms with Gasteiger partial charge in [0.1, 0.15) is 6.10 Å². The van der Waals surface area contributed by atoms with Crippen LogP contribution in [-0.2, 0) is 11.3 Å². The molecule has 20 heavy (non-hydrogen) atoms. The van der Waals surface area contributed by atoms with Crippen molar-refractivity contribution in [1.29, 1.82) is 0 Å². The number of ether oxygens (including phenoxy) is 1. The van der Waals surface area contributed by atoms with Crippen LogP contribution in [0.2, 0.25) is 0 Å². The van der Waals surface area contributed by atoms with Gasteiger partial charge in [0.2, 0.25) is 0 Å². The van der Waals surface area contributed by atoms with Crippen molar-refractivity contribution in [3.63, 3.8) is 0 Å². The average Bonchev–Trinajstić information content (AvgIpc) is 2.43. The summed E-state index contributed by atoms with van der Waals surface area (Å²) in [4.78, 5) is 11.7. The van der Waals surface area contributed by atoms with Crippen LogP contribution in [0.1, 0.15) is 51.5 Å². The van der Waals surface area contributed by atoms with Crippen molar-refractivity contribution in [1.82, 2.24) is 0 Å². The van der Waals surface area contributed by atoms with Crippen LogP contribution in [0.5, 0.6) is 0 Å². The van der Waals surface area contributed by atoms with Gasteiger partial charge in [0.15, 0.2) is 0 Å². The monoisotopic (exact) mass is 278 g/mol. The fraction of sp³-hybridized carbons (Fsp3) is 0.562. The molecule has 1 atom stereocenters. The van der Waals surface area contributed by atoms with Gasteiger partial charge in [0, 0.05) is 12.2 Å². The minimum atomic E-state index is -0.401. The van der Waals surface area contributed by atoms with Crippen LogP contribution in [0.4, 0.5) is 10.5 Å². The van der Waals surface area contributed by atoms with Crippen molar-refractivity contribution in [2.24, 2.45) is 5.73 Å². The third kappa shape index (κ3) is 6.57. The first-order valence-electron chi connectivity index (χ1n) is 7.42. The van der Waals surface area contributed by atoms with E-state index in [4.69, 9.17) is 10.5 Å². The Kier molecular flexibility index (Phi) is 7.73. The minimum Gasteiger partial charge on any atom is -0.446 e. The topological polar surface area (TPSA) is 64.3 Å². The lowest BCUT2D eigenvalue weighted by Gasteiger charge is -2.14.